The third-order valence-corrected chi connectivity index (χ3v) is 3.43. The van der Waals surface area contributed by atoms with E-state index in [1.165, 1.54) is 12.1 Å². The summed E-state index contributed by atoms with van der Waals surface area (Å²) in [6.45, 7) is 0. The van der Waals surface area contributed by atoms with Gasteiger partial charge in [-0.1, -0.05) is 35.3 Å². The molecular formula is C14H10Cl2N2O2. The first-order valence-corrected chi connectivity index (χ1v) is 6.35. The minimum atomic E-state index is -0.695. The summed E-state index contributed by atoms with van der Waals surface area (Å²) in [5.41, 5.74) is 11.8. The van der Waals surface area contributed by atoms with E-state index in [-0.39, 0.29) is 11.1 Å². The second-order valence-electron chi connectivity index (χ2n) is 4.09. The normalized spacial score (nSPS) is 10.3. The molecule has 0 saturated carbocycles. The molecule has 0 aliphatic heterocycles. The maximum Gasteiger partial charge on any atom is 0.249 e. The van der Waals surface area contributed by atoms with Crippen LogP contribution in [0.25, 0.3) is 11.1 Å². The molecule has 0 radical (unpaired) electrons. The van der Waals surface area contributed by atoms with Crippen molar-refractivity contribution in [3.05, 3.63) is 57.6 Å². The van der Waals surface area contributed by atoms with Crippen molar-refractivity contribution in [2.75, 3.05) is 0 Å². The van der Waals surface area contributed by atoms with E-state index in [1.54, 1.807) is 24.3 Å². The fourth-order valence-electron chi connectivity index (χ4n) is 1.87. The van der Waals surface area contributed by atoms with Gasteiger partial charge in [0.1, 0.15) is 0 Å². The van der Waals surface area contributed by atoms with E-state index in [4.69, 9.17) is 34.7 Å². The summed E-state index contributed by atoms with van der Waals surface area (Å²) in [6, 6.07) is 9.36. The molecule has 20 heavy (non-hydrogen) atoms. The molecule has 2 aromatic rings. The molecule has 0 atom stereocenters. The molecule has 0 unspecified atom stereocenters. The quantitative estimate of drug-likeness (QED) is 0.913. The largest absolute Gasteiger partial charge is 0.366 e. The van der Waals surface area contributed by atoms with Gasteiger partial charge in [-0.2, -0.15) is 0 Å². The molecule has 0 heterocycles. The standard InChI is InChI=1S/C14H10Cl2N2O2/c15-10-2-1-3-11(16)12(10)8-5-4-7(13(17)19)6-9(8)14(18)20/h1-6H,(H2,17,19)(H2,18,20). The minimum Gasteiger partial charge on any atom is -0.366 e. The van der Waals surface area contributed by atoms with Gasteiger partial charge in [-0.25, -0.2) is 0 Å². The highest BCUT2D eigenvalue weighted by atomic mass is 35.5. The molecule has 0 aliphatic rings. The maximum atomic E-state index is 11.6. The fraction of sp³-hybridized carbons (Fsp3) is 0. The highest BCUT2D eigenvalue weighted by Crippen LogP contribution is 2.36. The Kier molecular flexibility index (Phi) is 3.97. The molecule has 2 aromatic carbocycles. The summed E-state index contributed by atoms with van der Waals surface area (Å²) in [7, 11) is 0. The van der Waals surface area contributed by atoms with E-state index < -0.39 is 11.8 Å². The Morgan fingerprint density at radius 3 is 2.00 bits per heavy atom. The van der Waals surface area contributed by atoms with Gasteiger partial charge in [0, 0.05) is 26.7 Å². The zero-order valence-electron chi connectivity index (χ0n) is 10.2. The van der Waals surface area contributed by atoms with Crippen LogP contribution in [0.15, 0.2) is 36.4 Å². The van der Waals surface area contributed by atoms with Crippen molar-refractivity contribution in [1.82, 2.24) is 0 Å². The number of hydrogen-bond acceptors (Lipinski definition) is 2. The van der Waals surface area contributed by atoms with Crippen LogP contribution in [0.1, 0.15) is 20.7 Å². The molecule has 0 saturated heterocycles. The van der Waals surface area contributed by atoms with Crippen molar-refractivity contribution >= 4 is 35.0 Å². The van der Waals surface area contributed by atoms with Crippen molar-refractivity contribution in [2.45, 2.75) is 0 Å². The Labute approximate surface area is 125 Å². The monoisotopic (exact) mass is 308 g/mol. The SMILES string of the molecule is NC(=O)c1ccc(-c2c(Cl)cccc2Cl)c(C(N)=O)c1. The third-order valence-electron chi connectivity index (χ3n) is 2.80. The molecular weight excluding hydrogens is 299 g/mol. The van der Waals surface area contributed by atoms with Crippen molar-refractivity contribution < 1.29 is 9.59 Å². The van der Waals surface area contributed by atoms with E-state index in [0.29, 0.717) is 21.2 Å². The van der Waals surface area contributed by atoms with Gasteiger partial charge in [-0.15, -0.1) is 0 Å². The van der Waals surface area contributed by atoms with E-state index >= 15 is 0 Å². The Hall–Kier alpha value is -2.04. The number of hydrogen-bond donors (Lipinski definition) is 2. The highest BCUT2D eigenvalue weighted by Gasteiger charge is 2.17. The van der Waals surface area contributed by atoms with Crippen molar-refractivity contribution in [3.63, 3.8) is 0 Å². The van der Waals surface area contributed by atoms with Crippen molar-refractivity contribution in [1.29, 1.82) is 0 Å². The number of amides is 2. The Balaban J connectivity index is 2.74. The summed E-state index contributed by atoms with van der Waals surface area (Å²) in [5.74, 6) is -1.34. The zero-order valence-corrected chi connectivity index (χ0v) is 11.7. The molecule has 0 aromatic heterocycles. The van der Waals surface area contributed by atoms with E-state index in [0.717, 1.165) is 0 Å². The van der Waals surface area contributed by atoms with Gasteiger partial charge in [0.05, 0.1) is 0 Å². The Morgan fingerprint density at radius 2 is 1.50 bits per heavy atom. The van der Waals surface area contributed by atoms with Gasteiger partial charge in [0.2, 0.25) is 11.8 Å². The number of nitrogens with two attached hydrogens (primary N) is 2. The lowest BCUT2D eigenvalue weighted by molar-refractivity contribution is 0.0999. The van der Waals surface area contributed by atoms with Crippen LogP contribution in [0.2, 0.25) is 10.0 Å². The summed E-state index contributed by atoms with van der Waals surface area (Å²) < 4.78 is 0. The van der Waals surface area contributed by atoms with Gasteiger partial charge in [-0.05, 0) is 29.8 Å². The third kappa shape index (κ3) is 2.61. The van der Waals surface area contributed by atoms with Gasteiger partial charge in [-0.3, -0.25) is 9.59 Å². The average Bonchev–Trinajstić information content (AvgIpc) is 2.38. The number of benzene rings is 2. The predicted octanol–water partition coefficient (Wildman–Crippen LogP) is 2.86. The maximum absolute atomic E-state index is 11.6. The number of carbonyl (C=O) groups excluding carboxylic acids is 2. The number of halogens is 2. The lowest BCUT2D eigenvalue weighted by Crippen LogP contribution is -2.16. The fourth-order valence-corrected chi connectivity index (χ4v) is 2.48. The van der Waals surface area contributed by atoms with Crippen LogP contribution >= 0.6 is 23.2 Å². The topological polar surface area (TPSA) is 86.2 Å². The predicted molar refractivity (Wildman–Crippen MR) is 78.9 cm³/mol. The lowest BCUT2D eigenvalue weighted by atomic mass is 9.96. The van der Waals surface area contributed by atoms with Gasteiger partial charge in [0.25, 0.3) is 0 Å². The molecule has 6 heteroatoms. The molecule has 0 fully saturated rings. The van der Waals surface area contributed by atoms with Gasteiger partial charge < -0.3 is 11.5 Å². The summed E-state index contributed by atoms with van der Waals surface area (Å²) in [6.07, 6.45) is 0. The first-order valence-electron chi connectivity index (χ1n) is 5.60. The van der Waals surface area contributed by atoms with Gasteiger partial charge in [0.15, 0.2) is 0 Å². The molecule has 2 rings (SSSR count). The Morgan fingerprint density at radius 1 is 0.900 bits per heavy atom. The molecule has 0 aliphatic carbocycles. The van der Waals surface area contributed by atoms with E-state index in [1.807, 2.05) is 0 Å². The number of carbonyl (C=O) groups is 2. The van der Waals surface area contributed by atoms with Crippen LogP contribution in [-0.2, 0) is 0 Å². The second-order valence-corrected chi connectivity index (χ2v) is 4.90. The zero-order chi connectivity index (χ0) is 14.9. The smallest absolute Gasteiger partial charge is 0.249 e. The first-order chi connectivity index (χ1) is 9.41. The molecule has 0 spiro atoms. The van der Waals surface area contributed by atoms with Crippen LogP contribution in [-0.4, -0.2) is 11.8 Å². The molecule has 4 nitrogen and oxygen atoms in total. The van der Waals surface area contributed by atoms with Crippen molar-refractivity contribution in [2.24, 2.45) is 11.5 Å². The van der Waals surface area contributed by atoms with Crippen molar-refractivity contribution in [3.8, 4) is 11.1 Å². The summed E-state index contributed by atoms with van der Waals surface area (Å²) in [5, 5.41) is 0.763. The molecule has 0 bridgehead atoms. The number of primary amides is 2. The Bertz CT molecular complexity index is 694. The van der Waals surface area contributed by atoms with Crippen LogP contribution in [0.3, 0.4) is 0 Å². The lowest BCUT2D eigenvalue weighted by Gasteiger charge is -2.11. The van der Waals surface area contributed by atoms with E-state index in [9.17, 15) is 9.59 Å². The molecule has 2 amide bonds. The average molecular weight is 309 g/mol. The molecule has 4 N–H and O–H groups in total. The van der Waals surface area contributed by atoms with E-state index in [2.05, 4.69) is 0 Å². The second kappa shape index (κ2) is 5.53. The summed E-state index contributed by atoms with van der Waals surface area (Å²) in [4.78, 5) is 22.8. The summed E-state index contributed by atoms with van der Waals surface area (Å²) >= 11 is 12.2. The van der Waals surface area contributed by atoms with Crippen LogP contribution < -0.4 is 11.5 Å². The minimum absolute atomic E-state index is 0.135. The van der Waals surface area contributed by atoms with Gasteiger partial charge >= 0.3 is 0 Å². The van der Waals surface area contributed by atoms with Crippen LogP contribution in [0.5, 0.6) is 0 Å². The highest BCUT2D eigenvalue weighted by molar-refractivity contribution is 6.39. The number of rotatable bonds is 3. The first kappa shape index (κ1) is 14.4. The van der Waals surface area contributed by atoms with Crippen LogP contribution in [0.4, 0.5) is 0 Å². The van der Waals surface area contributed by atoms with Crippen LogP contribution in [0, 0.1) is 0 Å². The molecule has 102 valence electrons.